The predicted molar refractivity (Wildman–Crippen MR) is 62.9 cm³/mol. The molecule has 0 amide bonds. The van der Waals surface area contributed by atoms with E-state index in [4.69, 9.17) is 5.11 Å². The van der Waals surface area contributed by atoms with Gasteiger partial charge in [0, 0.05) is 12.6 Å². The van der Waals surface area contributed by atoms with Gasteiger partial charge in [-0.05, 0) is 30.4 Å². The fourth-order valence-corrected chi connectivity index (χ4v) is 2.19. The third kappa shape index (κ3) is 2.82. The molecule has 0 radical (unpaired) electrons. The Labute approximate surface area is 96.1 Å². The molecule has 3 nitrogen and oxygen atoms in total. The molecule has 16 heavy (non-hydrogen) atoms. The van der Waals surface area contributed by atoms with Gasteiger partial charge in [0.25, 0.3) is 0 Å². The van der Waals surface area contributed by atoms with Gasteiger partial charge in [-0.25, -0.2) is 0 Å². The molecule has 0 bridgehead atoms. The molecule has 2 rings (SSSR count). The van der Waals surface area contributed by atoms with Crippen molar-refractivity contribution in [2.24, 2.45) is 0 Å². The summed E-state index contributed by atoms with van der Waals surface area (Å²) >= 11 is 0. The van der Waals surface area contributed by atoms with Crippen molar-refractivity contribution in [2.75, 3.05) is 0 Å². The number of hydrogen-bond acceptors (Lipinski definition) is 3. The van der Waals surface area contributed by atoms with E-state index in [1.807, 2.05) is 24.3 Å². The molecule has 1 saturated carbocycles. The average Bonchev–Trinajstić information content (AvgIpc) is 2.73. The van der Waals surface area contributed by atoms with Crippen molar-refractivity contribution in [1.29, 1.82) is 0 Å². The largest absolute Gasteiger partial charge is 0.392 e. The van der Waals surface area contributed by atoms with Crippen LogP contribution in [-0.2, 0) is 13.2 Å². The fraction of sp³-hybridized carbons (Fsp3) is 0.538. The summed E-state index contributed by atoms with van der Waals surface area (Å²) in [5.74, 6) is 0. The van der Waals surface area contributed by atoms with Crippen molar-refractivity contribution in [2.45, 2.75) is 44.6 Å². The van der Waals surface area contributed by atoms with Crippen molar-refractivity contribution in [3.05, 3.63) is 35.4 Å². The molecular weight excluding hydrogens is 202 g/mol. The van der Waals surface area contributed by atoms with E-state index in [9.17, 15) is 5.11 Å². The molecule has 88 valence electrons. The first kappa shape index (κ1) is 11.6. The molecule has 1 aliphatic rings. The first-order valence-electron chi connectivity index (χ1n) is 5.89. The van der Waals surface area contributed by atoms with E-state index in [1.165, 1.54) is 5.56 Å². The minimum Gasteiger partial charge on any atom is -0.392 e. The van der Waals surface area contributed by atoms with Gasteiger partial charge in [-0.3, -0.25) is 0 Å². The minimum atomic E-state index is -0.184. The van der Waals surface area contributed by atoms with Gasteiger partial charge in [0.15, 0.2) is 0 Å². The van der Waals surface area contributed by atoms with Crippen LogP contribution in [0.25, 0.3) is 0 Å². The van der Waals surface area contributed by atoms with Crippen molar-refractivity contribution in [3.63, 3.8) is 0 Å². The van der Waals surface area contributed by atoms with Crippen LogP contribution in [0.3, 0.4) is 0 Å². The van der Waals surface area contributed by atoms with Crippen LogP contribution in [0.1, 0.15) is 30.4 Å². The quantitative estimate of drug-likeness (QED) is 0.715. The highest BCUT2D eigenvalue weighted by atomic mass is 16.3. The van der Waals surface area contributed by atoms with Gasteiger partial charge >= 0.3 is 0 Å². The second-order valence-electron chi connectivity index (χ2n) is 4.46. The minimum absolute atomic E-state index is 0.0923. The summed E-state index contributed by atoms with van der Waals surface area (Å²) in [6.45, 7) is 0.877. The Morgan fingerprint density at radius 3 is 2.38 bits per heavy atom. The molecule has 1 aliphatic carbocycles. The molecule has 0 aliphatic heterocycles. The summed E-state index contributed by atoms with van der Waals surface area (Å²) in [6.07, 6.45) is 2.91. The van der Waals surface area contributed by atoms with Crippen LogP contribution in [-0.4, -0.2) is 22.4 Å². The summed E-state index contributed by atoms with van der Waals surface area (Å²) in [5.41, 5.74) is 2.13. The van der Waals surface area contributed by atoms with E-state index in [2.05, 4.69) is 5.32 Å². The van der Waals surface area contributed by atoms with E-state index >= 15 is 0 Å². The molecule has 0 heterocycles. The number of benzene rings is 1. The first-order chi connectivity index (χ1) is 7.79. The summed E-state index contributed by atoms with van der Waals surface area (Å²) in [6, 6.07) is 8.14. The number of nitrogens with one attached hydrogen (secondary N) is 1. The van der Waals surface area contributed by atoms with Crippen LogP contribution in [0, 0.1) is 0 Å². The third-order valence-corrected chi connectivity index (χ3v) is 3.25. The van der Waals surface area contributed by atoms with Gasteiger partial charge in [-0.2, -0.15) is 0 Å². The maximum Gasteiger partial charge on any atom is 0.0693 e. The van der Waals surface area contributed by atoms with E-state index in [0.717, 1.165) is 31.4 Å². The summed E-state index contributed by atoms with van der Waals surface area (Å²) in [4.78, 5) is 0. The Morgan fingerprint density at radius 1 is 1.12 bits per heavy atom. The topological polar surface area (TPSA) is 52.5 Å². The Balaban J connectivity index is 1.84. The molecule has 0 saturated heterocycles. The molecule has 0 unspecified atom stereocenters. The maximum absolute atomic E-state index is 9.65. The lowest BCUT2D eigenvalue weighted by Crippen LogP contribution is -2.34. The van der Waals surface area contributed by atoms with E-state index in [-0.39, 0.29) is 18.8 Å². The highest BCUT2D eigenvalue weighted by Gasteiger charge is 2.24. The van der Waals surface area contributed by atoms with Crippen LogP contribution in [0.4, 0.5) is 0 Å². The van der Waals surface area contributed by atoms with Crippen molar-refractivity contribution >= 4 is 0 Å². The molecule has 1 aromatic rings. The van der Waals surface area contributed by atoms with Crippen LogP contribution < -0.4 is 5.32 Å². The monoisotopic (exact) mass is 221 g/mol. The van der Waals surface area contributed by atoms with Crippen molar-refractivity contribution in [1.82, 2.24) is 5.32 Å². The summed E-state index contributed by atoms with van der Waals surface area (Å²) in [5, 5.41) is 21.9. The lowest BCUT2D eigenvalue weighted by atomic mass is 10.1. The molecule has 3 heteroatoms. The molecule has 1 fully saturated rings. The normalized spacial score (nSPS) is 24.9. The average molecular weight is 221 g/mol. The number of hydrogen-bond donors (Lipinski definition) is 3. The SMILES string of the molecule is OCc1ccc(CN[C@@H]2CCC[C@H]2O)cc1. The Hall–Kier alpha value is -0.900. The fourth-order valence-electron chi connectivity index (χ4n) is 2.19. The Bertz CT molecular complexity index is 323. The first-order valence-corrected chi connectivity index (χ1v) is 5.89. The third-order valence-electron chi connectivity index (χ3n) is 3.25. The van der Waals surface area contributed by atoms with Crippen LogP contribution in [0.15, 0.2) is 24.3 Å². The highest BCUT2D eigenvalue weighted by molar-refractivity contribution is 5.21. The van der Waals surface area contributed by atoms with E-state index in [0.29, 0.717) is 0 Å². The molecule has 1 aromatic carbocycles. The smallest absolute Gasteiger partial charge is 0.0693 e. The van der Waals surface area contributed by atoms with Gasteiger partial charge in [0.05, 0.1) is 12.7 Å². The van der Waals surface area contributed by atoms with E-state index < -0.39 is 0 Å². The summed E-state index contributed by atoms with van der Waals surface area (Å²) in [7, 11) is 0. The summed E-state index contributed by atoms with van der Waals surface area (Å²) < 4.78 is 0. The molecule has 3 N–H and O–H groups in total. The predicted octanol–water partition coefficient (Wildman–Crippen LogP) is 1.18. The van der Waals surface area contributed by atoms with Gasteiger partial charge in [0.1, 0.15) is 0 Å². The second kappa shape index (κ2) is 5.43. The molecule has 0 spiro atoms. The number of aliphatic hydroxyl groups excluding tert-OH is 2. The van der Waals surface area contributed by atoms with Gasteiger partial charge in [-0.1, -0.05) is 24.3 Å². The van der Waals surface area contributed by atoms with E-state index in [1.54, 1.807) is 0 Å². The number of rotatable bonds is 4. The second-order valence-corrected chi connectivity index (χ2v) is 4.46. The molecule has 0 aromatic heterocycles. The molecular formula is C13H19NO2. The maximum atomic E-state index is 9.65. The zero-order valence-corrected chi connectivity index (χ0v) is 9.39. The van der Waals surface area contributed by atoms with Crippen LogP contribution in [0.2, 0.25) is 0 Å². The van der Waals surface area contributed by atoms with Crippen molar-refractivity contribution < 1.29 is 10.2 Å². The highest BCUT2D eigenvalue weighted by Crippen LogP contribution is 2.19. The zero-order valence-electron chi connectivity index (χ0n) is 9.39. The van der Waals surface area contributed by atoms with Gasteiger partial charge in [0.2, 0.25) is 0 Å². The Kier molecular flexibility index (Phi) is 3.93. The van der Waals surface area contributed by atoms with Crippen LogP contribution >= 0.6 is 0 Å². The zero-order chi connectivity index (χ0) is 11.4. The lowest BCUT2D eigenvalue weighted by Gasteiger charge is -2.16. The van der Waals surface area contributed by atoms with Crippen molar-refractivity contribution in [3.8, 4) is 0 Å². The standard InChI is InChI=1S/C13H19NO2/c15-9-11-6-4-10(5-7-11)8-14-12-2-1-3-13(12)16/h4-7,12-16H,1-3,8-9H2/t12-,13-/m1/s1. The molecule has 2 atom stereocenters. The number of aliphatic hydroxyl groups is 2. The van der Waals surface area contributed by atoms with Gasteiger partial charge < -0.3 is 15.5 Å². The lowest BCUT2D eigenvalue weighted by molar-refractivity contribution is 0.148. The van der Waals surface area contributed by atoms with Crippen LogP contribution in [0.5, 0.6) is 0 Å². The Morgan fingerprint density at radius 2 is 1.81 bits per heavy atom. The van der Waals surface area contributed by atoms with Gasteiger partial charge in [-0.15, -0.1) is 0 Å².